The van der Waals surface area contributed by atoms with Gasteiger partial charge in [-0.3, -0.25) is 0 Å². The van der Waals surface area contributed by atoms with Gasteiger partial charge in [-0.1, -0.05) is 0 Å². The first-order chi connectivity index (χ1) is 8.03. The highest BCUT2D eigenvalue weighted by molar-refractivity contribution is 7.87. The van der Waals surface area contributed by atoms with E-state index in [1.165, 1.54) is 0 Å². The molecular formula is C11H23N3O2S. The second-order valence-corrected chi connectivity index (χ2v) is 7.05. The van der Waals surface area contributed by atoms with Gasteiger partial charge in [-0.2, -0.15) is 17.4 Å². The fourth-order valence-electron chi connectivity index (χ4n) is 2.44. The molecule has 0 aromatic rings. The fourth-order valence-corrected chi connectivity index (χ4v) is 4.03. The maximum atomic E-state index is 12.2. The summed E-state index contributed by atoms with van der Waals surface area (Å²) in [5.41, 5.74) is 5.63. The molecule has 0 aromatic carbocycles. The molecule has 2 fully saturated rings. The van der Waals surface area contributed by atoms with Crippen LogP contribution in [0.5, 0.6) is 0 Å². The summed E-state index contributed by atoms with van der Waals surface area (Å²) in [6.45, 7) is 3.73. The first-order valence-electron chi connectivity index (χ1n) is 6.50. The lowest BCUT2D eigenvalue weighted by molar-refractivity contribution is 0.267. The highest BCUT2D eigenvalue weighted by atomic mass is 32.2. The van der Waals surface area contributed by atoms with Crippen LogP contribution in [0, 0.1) is 11.8 Å². The van der Waals surface area contributed by atoms with E-state index in [9.17, 15) is 8.42 Å². The standard InChI is InChI=1S/C11H23N3O2S/c1-9(11-4-5-11)13-17(15,16)14-6-2-3-10(7-12)8-14/h9-11,13H,2-8,12H2,1H3. The van der Waals surface area contributed by atoms with Crippen molar-refractivity contribution < 1.29 is 8.42 Å². The summed E-state index contributed by atoms with van der Waals surface area (Å²) in [7, 11) is -3.30. The Labute approximate surface area is 104 Å². The number of nitrogens with zero attached hydrogens (tertiary/aromatic N) is 1. The van der Waals surface area contributed by atoms with Gasteiger partial charge in [-0.05, 0) is 51.0 Å². The zero-order valence-corrected chi connectivity index (χ0v) is 11.2. The van der Waals surface area contributed by atoms with Crippen LogP contribution in [0.15, 0.2) is 0 Å². The van der Waals surface area contributed by atoms with Crippen molar-refractivity contribution in [1.29, 1.82) is 0 Å². The zero-order valence-electron chi connectivity index (χ0n) is 10.4. The highest BCUT2D eigenvalue weighted by Gasteiger charge is 2.34. The third-order valence-corrected chi connectivity index (χ3v) is 5.50. The summed E-state index contributed by atoms with van der Waals surface area (Å²) in [6.07, 6.45) is 4.26. The van der Waals surface area contributed by atoms with Crippen LogP contribution in [0.3, 0.4) is 0 Å². The van der Waals surface area contributed by atoms with Gasteiger partial charge in [0, 0.05) is 19.1 Å². The molecule has 5 nitrogen and oxygen atoms in total. The topological polar surface area (TPSA) is 75.4 Å². The van der Waals surface area contributed by atoms with Gasteiger partial charge < -0.3 is 5.73 Å². The first-order valence-corrected chi connectivity index (χ1v) is 7.94. The molecule has 17 heavy (non-hydrogen) atoms. The minimum Gasteiger partial charge on any atom is -0.330 e. The van der Waals surface area contributed by atoms with E-state index in [0.717, 1.165) is 25.7 Å². The van der Waals surface area contributed by atoms with E-state index in [2.05, 4.69) is 4.72 Å². The molecule has 0 bridgehead atoms. The number of piperidine rings is 1. The van der Waals surface area contributed by atoms with Crippen LogP contribution < -0.4 is 10.5 Å². The largest absolute Gasteiger partial charge is 0.330 e. The van der Waals surface area contributed by atoms with Crippen molar-refractivity contribution in [2.45, 2.75) is 38.6 Å². The predicted molar refractivity (Wildman–Crippen MR) is 67.6 cm³/mol. The van der Waals surface area contributed by atoms with E-state index in [1.54, 1.807) is 4.31 Å². The maximum absolute atomic E-state index is 12.2. The van der Waals surface area contributed by atoms with E-state index < -0.39 is 10.2 Å². The van der Waals surface area contributed by atoms with Gasteiger partial charge in [0.15, 0.2) is 0 Å². The van der Waals surface area contributed by atoms with Crippen LogP contribution in [0.2, 0.25) is 0 Å². The van der Waals surface area contributed by atoms with Gasteiger partial charge >= 0.3 is 0 Å². The van der Waals surface area contributed by atoms with Gasteiger partial charge in [-0.15, -0.1) is 0 Å². The highest BCUT2D eigenvalue weighted by Crippen LogP contribution is 2.32. The number of hydrogen-bond donors (Lipinski definition) is 2. The SMILES string of the molecule is CC(NS(=O)(=O)N1CCCC(CN)C1)C1CC1. The van der Waals surface area contributed by atoms with Crippen molar-refractivity contribution in [1.82, 2.24) is 9.03 Å². The van der Waals surface area contributed by atoms with Gasteiger partial charge in [0.1, 0.15) is 0 Å². The van der Waals surface area contributed by atoms with Crippen LogP contribution in [-0.4, -0.2) is 38.4 Å². The summed E-state index contributed by atoms with van der Waals surface area (Å²) in [5, 5.41) is 0. The van der Waals surface area contributed by atoms with Crippen molar-refractivity contribution in [3.05, 3.63) is 0 Å². The Morgan fingerprint density at radius 3 is 2.71 bits per heavy atom. The maximum Gasteiger partial charge on any atom is 0.279 e. The Hall–Kier alpha value is -0.170. The lowest BCUT2D eigenvalue weighted by Gasteiger charge is -2.32. The van der Waals surface area contributed by atoms with E-state index in [1.807, 2.05) is 6.92 Å². The predicted octanol–water partition coefficient (Wildman–Crippen LogP) is 0.290. The van der Waals surface area contributed by atoms with E-state index in [-0.39, 0.29) is 6.04 Å². The molecule has 0 aromatic heterocycles. The fraction of sp³-hybridized carbons (Fsp3) is 1.00. The average molecular weight is 261 g/mol. The number of nitrogens with one attached hydrogen (secondary N) is 1. The Kier molecular flexibility index (Phi) is 4.07. The first kappa shape index (κ1) is 13.3. The zero-order chi connectivity index (χ0) is 12.5. The van der Waals surface area contributed by atoms with E-state index in [0.29, 0.717) is 31.5 Å². The molecule has 0 radical (unpaired) electrons. The summed E-state index contributed by atoms with van der Waals surface area (Å²) in [4.78, 5) is 0. The van der Waals surface area contributed by atoms with Crippen LogP contribution >= 0.6 is 0 Å². The van der Waals surface area contributed by atoms with E-state index in [4.69, 9.17) is 5.73 Å². The van der Waals surface area contributed by atoms with Gasteiger partial charge in [-0.25, -0.2) is 0 Å². The van der Waals surface area contributed by atoms with E-state index >= 15 is 0 Å². The smallest absolute Gasteiger partial charge is 0.279 e. The molecular weight excluding hydrogens is 238 g/mol. The van der Waals surface area contributed by atoms with Crippen LogP contribution in [-0.2, 0) is 10.2 Å². The van der Waals surface area contributed by atoms with Crippen LogP contribution in [0.4, 0.5) is 0 Å². The molecule has 0 spiro atoms. The quantitative estimate of drug-likeness (QED) is 0.747. The Balaban J connectivity index is 1.93. The summed E-state index contributed by atoms with van der Waals surface area (Å²) in [5.74, 6) is 0.858. The number of rotatable bonds is 5. The van der Waals surface area contributed by atoms with Crippen molar-refractivity contribution in [2.24, 2.45) is 17.6 Å². The lowest BCUT2D eigenvalue weighted by atomic mass is 10.0. The third-order valence-electron chi connectivity index (χ3n) is 3.82. The molecule has 1 saturated carbocycles. The van der Waals surface area contributed by atoms with Gasteiger partial charge in [0.2, 0.25) is 0 Å². The molecule has 1 saturated heterocycles. The minimum atomic E-state index is -3.30. The monoisotopic (exact) mass is 261 g/mol. The van der Waals surface area contributed by atoms with Crippen molar-refractivity contribution >= 4 is 10.2 Å². The van der Waals surface area contributed by atoms with Crippen molar-refractivity contribution in [2.75, 3.05) is 19.6 Å². The minimum absolute atomic E-state index is 0.0678. The molecule has 2 aliphatic rings. The Morgan fingerprint density at radius 2 is 2.12 bits per heavy atom. The molecule has 1 aliphatic heterocycles. The molecule has 3 N–H and O–H groups in total. The molecule has 2 atom stereocenters. The molecule has 1 heterocycles. The lowest BCUT2D eigenvalue weighted by Crippen LogP contribution is -2.49. The number of nitrogens with two attached hydrogens (primary N) is 1. The summed E-state index contributed by atoms with van der Waals surface area (Å²) < 4.78 is 28.7. The molecule has 0 amide bonds. The van der Waals surface area contributed by atoms with Crippen molar-refractivity contribution in [3.63, 3.8) is 0 Å². The molecule has 6 heteroatoms. The normalized spacial score (nSPS) is 29.2. The average Bonchev–Trinajstić information content (AvgIpc) is 3.12. The summed E-state index contributed by atoms with van der Waals surface area (Å²) >= 11 is 0. The second kappa shape index (κ2) is 5.22. The molecule has 2 rings (SSSR count). The molecule has 2 unspecified atom stereocenters. The van der Waals surface area contributed by atoms with Crippen LogP contribution in [0.1, 0.15) is 32.6 Å². The van der Waals surface area contributed by atoms with Gasteiger partial charge in [0.25, 0.3) is 10.2 Å². The molecule has 100 valence electrons. The second-order valence-electron chi connectivity index (χ2n) is 5.35. The Morgan fingerprint density at radius 1 is 1.41 bits per heavy atom. The molecule has 1 aliphatic carbocycles. The Bertz CT molecular complexity index is 354. The van der Waals surface area contributed by atoms with Gasteiger partial charge in [0.05, 0.1) is 0 Å². The third kappa shape index (κ3) is 3.40. The number of hydrogen-bond acceptors (Lipinski definition) is 3. The van der Waals surface area contributed by atoms with Crippen LogP contribution in [0.25, 0.3) is 0 Å². The summed E-state index contributed by atoms with van der Waals surface area (Å²) in [6, 6.07) is 0.0678. The van der Waals surface area contributed by atoms with Crippen molar-refractivity contribution in [3.8, 4) is 0 Å².